The van der Waals surface area contributed by atoms with Crippen LogP contribution in [0.25, 0.3) is 5.69 Å². The van der Waals surface area contributed by atoms with Crippen molar-refractivity contribution in [1.29, 1.82) is 0 Å². The maximum atomic E-state index is 14.3. The molecule has 2 unspecified atom stereocenters. The normalized spacial score (nSPS) is 24.6. The Morgan fingerprint density at radius 3 is 2.88 bits per heavy atom. The molecule has 0 spiro atoms. The van der Waals surface area contributed by atoms with Crippen LogP contribution in [0.3, 0.4) is 0 Å². The molecular weight excluding hydrogens is 331 g/mol. The first kappa shape index (κ1) is 16.0. The second-order valence-electron chi connectivity index (χ2n) is 7.58. The fourth-order valence-electron chi connectivity index (χ4n) is 4.87. The van der Waals surface area contributed by atoms with E-state index in [9.17, 15) is 9.18 Å². The molecule has 136 valence electrons. The predicted molar refractivity (Wildman–Crippen MR) is 96.0 cm³/mol. The van der Waals surface area contributed by atoms with Gasteiger partial charge in [0.1, 0.15) is 11.5 Å². The third-order valence-corrected chi connectivity index (χ3v) is 6.10. The lowest BCUT2D eigenvalue weighted by Gasteiger charge is -2.27. The molecule has 2 fully saturated rings. The average Bonchev–Trinajstić information content (AvgIpc) is 3.28. The number of nitrogens with zero attached hydrogens (tertiary/aromatic N) is 3. The van der Waals surface area contributed by atoms with Gasteiger partial charge in [-0.25, -0.2) is 9.07 Å². The summed E-state index contributed by atoms with van der Waals surface area (Å²) in [6, 6.07) is 7.22. The van der Waals surface area contributed by atoms with Crippen molar-refractivity contribution in [1.82, 2.24) is 20.0 Å². The smallest absolute Gasteiger partial charge is 0.275 e. The van der Waals surface area contributed by atoms with Crippen molar-refractivity contribution < 1.29 is 9.18 Å². The number of nitrogens with one attached hydrogen (secondary N) is 1. The summed E-state index contributed by atoms with van der Waals surface area (Å²) < 4.78 is 16.0. The van der Waals surface area contributed by atoms with Gasteiger partial charge in [0.25, 0.3) is 5.91 Å². The summed E-state index contributed by atoms with van der Waals surface area (Å²) in [5.74, 6) is -0.266. The van der Waals surface area contributed by atoms with Gasteiger partial charge < -0.3 is 10.2 Å². The van der Waals surface area contributed by atoms with E-state index >= 15 is 0 Å². The molecule has 1 aromatic heterocycles. The Kier molecular flexibility index (Phi) is 3.81. The summed E-state index contributed by atoms with van der Waals surface area (Å²) in [5, 5.41) is 8.07. The molecule has 26 heavy (non-hydrogen) atoms. The lowest BCUT2D eigenvalue weighted by Crippen LogP contribution is -2.43. The molecule has 2 aliphatic heterocycles. The maximum absolute atomic E-state index is 14.3. The van der Waals surface area contributed by atoms with Crippen molar-refractivity contribution in [3.8, 4) is 5.69 Å². The SMILES string of the molecule is O=C(c1nn(-c2ccccc2F)c2c1CCC2)N1C2CCNCC1CC2. The molecular formula is C20H23FN4O. The number of hydrogen-bond donors (Lipinski definition) is 1. The standard InChI is InChI=1S/C20H23FN4O/c21-16-5-1-2-6-18(16)25-17-7-3-4-15(17)19(23-25)20(26)24-13-8-9-14(24)12-22-11-10-13/h1-2,5-6,13-14,22H,3-4,7-12H2. The van der Waals surface area contributed by atoms with Crippen molar-refractivity contribution in [2.75, 3.05) is 13.1 Å². The van der Waals surface area contributed by atoms with Crippen molar-refractivity contribution >= 4 is 5.91 Å². The second kappa shape index (κ2) is 6.20. The Hall–Kier alpha value is -2.21. The minimum Gasteiger partial charge on any atom is -0.330 e. The molecule has 6 heteroatoms. The summed E-state index contributed by atoms with van der Waals surface area (Å²) in [4.78, 5) is 15.5. The Balaban J connectivity index is 1.57. The van der Waals surface area contributed by atoms with Gasteiger partial charge in [-0.15, -0.1) is 0 Å². The summed E-state index contributed by atoms with van der Waals surface area (Å²) in [7, 11) is 0. The van der Waals surface area contributed by atoms with E-state index in [1.54, 1.807) is 16.8 Å². The molecule has 5 rings (SSSR count). The van der Waals surface area contributed by atoms with Crippen LogP contribution >= 0.6 is 0 Å². The van der Waals surface area contributed by atoms with Crippen LogP contribution < -0.4 is 5.32 Å². The van der Waals surface area contributed by atoms with Crippen molar-refractivity contribution in [2.24, 2.45) is 0 Å². The number of hydrogen-bond acceptors (Lipinski definition) is 3. The quantitative estimate of drug-likeness (QED) is 0.901. The Morgan fingerprint density at radius 2 is 2.00 bits per heavy atom. The number of benzene rings is 1. The van der Waals surface area contributed by atoms with Crippen molar-refractivity contribution in [3.05, 3.63) is 47.0 Å². The van der Waals surface area contributed by atoms with Crippen LogP contribution in [0.5, 0.6) is 0 Å². The Labute approximate surface area is 152 Å². The van der Waals surface area contributed by atoms with Crippen molar-refractivity contribution in [2.45, 2.75) is 50.6 Å². The van der Waals surface area contributed by atoms with Gasteiger partial charge in [-0.1, -0.05) is 12.1 Å². The number of halogens is 1. The number of rotatable bonds is 2. The minimum atomic E-state index is -0.303. The number of aromatic nitrogens is 2. The molecule has 3 heterocycles. The molecule has 2 saturated heterocycles. The molecule has 3 aliphatic rings. The largest absolute Gasteiger partial charge is 0.330 e. The van der Waals surface area contributed by atoms with Crippen molar-refractivity contribution in [3.63, 3.8) is 0 Å². The van der Waals surface area contributed by atoms with E-state index in [2.05, 4.69) is 15.3 Å². The zero-order chi connectivity index (χ0) is 17.7. The highest BCUT2D eigenvalue weighted by Crippen LogP contribution is 2.33. The molecule has 2 aromatic rings. The lowest BCUT2D eigenvalue weighted by molar-refractivity contribution is 0.0672. The molecule has 1 aromatic carbocycles. The van der Waals surface area contributed by atoms with Crippen LogP contribution in [0.4, 0.5) is 4.39 Å². The Bertz CT molecular complexity index is 847. The van der Waals surface area contributed by atoms with E-state index in [4.69, 9.17) is 0 Å². The van der Waals surface area contributed by atoms with Crippen LogP contribution in [0.15, 0.2) is 24.3 Å². The van der Waals surface area contributed by atoms with Crippen LogP contribution in [0, 0.1) is 5.82 Å². The van der Waals surface area contributed by atoms with Gasteiger partial charge in [0.15, 0.2) is 5.69 Å². The zero-order valence-corrected chi connectivity index (χ0v) is 14.7. The number of fused-ring (bicyclic) bond motifs is 3. The fraction of sp³-hybridized carbons (Fsp3) is 0.500. The van der Waals surface area contributed by atoms with E-state index in [0.717, 1.165) is 62.9 Å². The number of para-hydroxylation sites is 1. The number of amides is 1. The fourth-order valence-corrected chi connectivity index (χ4v) is 4.87. The minimum absolute atomic E-state index is 0.0365. The van der Waals surface area contributed by atoms with E-state index in [-0.39, 0.29) is 17.8 Å². The summed E-state index contributed by atoms with van der Waals surface area (Å²) >= 11 is 0. The monoisotopic (exact) mass is 354 g/mol. The van der Waals surface area contributed by atoms with Crippen LogP contribution in [-0.2, 0) is 12.8 Å². The molecule has 2 bridgehead atoms. The highest BCUT2D eigenvalue weighted by Gasteiger charge is 2.41. The van der Waals surface area contributed by atoms with Gasteiger partial charge in [0, 0.05) is 29.9 Å². The van der Waals surface area contributed by atoms with Crippen LogP contribution in [-0.4, -0.2) is 45.8 Å². The van der Waals surface area contributed by atoms with Gasteiger partial charge in [0.05, 0.1) is 0 Å². The lowest BCUT2D eigenvalue weighted by atomic mass is 10.1. The number of carbonyl (C=O) groups excluding carboxylic acids is 1. The van der Waals surface area contributed by atoms with Gasteiger partial charge in [-0.3, -0.25) is 4.79 Å². The summed E-state index contributed by atoms with van der Waals surface area (Å²) in [6.45, 7) is 1.82. The van der Waals surface area contributed by atoms with Gasteiger partial charge >= 0.3 is 0 Å². The number of carbonyl (C=O) groups is 1. The maximum Gasteiger partial charge on any atom is 0.275 e. The molecule has 0 saturated carbocycles. The highest BCUT2D eigenvalue weighted by molar-refractivity contribution is 5.95. The van der Waals surface area contributed by atoms with Crippen LogP contribution in [0.1, 0.15) is 47.4 Å². The zero-order valence-electron chi connectivity index (χ0n) is 14.7. The van der Waals surface area contributed by atoms with Gasteiger partial charge in [0.2, 0.25) is 0 Å². The Morgan fingerprint density at radius 1 is 1.15 bits per heavy atom. The molecule has 0 radical (unpaired) electrons. The third kappa shape index (κ3) is 2.39. The summed E-state index contributed by atoms with van der Waals surface area (Å²) in [5.41, 5.74) is 3.00. The molecule has 1 N–H and O–H groups in total. The molecule has 1 aliphatic carbocycles. The average molecular weight is 354 g/mol. The molecule has 2 atom stereocenters. The summed E-state index contributed by atoms with van der Waals surface area (Å²) in [6.07, 6.45) is 5.83. The van der Waals surface area contributed by atoms with Gasteiger partial charge in [-0.2, -0.15) is 5.10 Å². The van der Waals surface area contributed by atoms with Crippen LogP contribution in [0.2, 0.25) is 0 Å². The van der Waals surface area contributed by atoms with E-state index < -0.39 is 0 Å². The first-order chi connectivity index (χ1) is 12.7. The molecule has 1 amide bonds. The second-order valence-corrected chi connectivity index (χ2v) is 7.58. The predicted octanol–water partition coefficient (Wildman–Crippen LogP) is 2.47. The van der Waals surface area contributed by atoms with E-state index in [0.29, 0.717) is 17.4 Å². The topological polar surface area (TPSA) is 50.2 Å². The van der Waals surface area contributed by atoms with E-state index in [1.165, 1.54) is 6.07 Å². The van der Waals surface area contributed by atoms with E-state index in [1.807, 2.05) is 6.07 Å². The van der Waals surface area contributed by atoms with Gasteiger partial charge in [-0.05, 0) is 57.2 Å². The first-order valence-electron chi connectivity index (χ1n) is 9.63. The first-order valence-corrected chi connectivity index (χ1v) is 9.63. The highest BCUT2D eigenvalue weighted by atomic mass is 19.1. The molecule has 5 nitrogen and oxygen atoms in total. The third-order valence-electron chi connectivity index (χ3n) is 6.10.